The van der Waals surface area contributed by atoms with Crippen LogP contribution in [-0.2, 0) is 10.0 Å². The molecule has 0 aliphatic carbocycles. The van der Waals surface area contributed by atoms with Gasteiger partial charge in [0.05, 0.1) is 23.3 Å². The Hall–Kier alpha value is -2.80. The zero-order valence-electron chi connectivity index (χ0n) is 14.2. The lowest BCUT2D eigenvalue weighted by atomic mass is 10.0. The first-order valence-electron chi connectivity index (χ1n) is 7.67. The monoisotopic (exact) mass is 357 g/mol. The zero-order chi connectivity index (χ0) is 18.2. The van der Waals surface area contributed by atoms with E-state index in [4.69, 9.17) is 10.5 Å². The normalized spacial score (nSPS) is 11.5. The van der Waals surface area contributed by atoms with E-state index in [0.29, 0.717) is 22.6 Å². The summed E-state index contributed by atoms with van der Waals surface area (Å²) in [7, 11) is -2.32. The summed E-state index contributed by atoms with van der Waals surface area (Å²) in [5, 5.41) is 4.18. The molecule has 0 spiro atoms. The number of benzene rings is 2. The van der Waals surface area contributed by atoms with Gasteiger partial charge >= 0.3 is 0 Å². The predicted octanol–water partition coefficient (Wildman–Crippen LogP) is 2.99. The summed E-state index contributed by atoms with van der Waals surface area (Å²) < 4.78 is 32.1. The molecule has 0 aliphatic heterocycles. The molecule has 6 nitrogen and oxygen atoms in total. The number of ether oxygens (including phenoxy) is 1. The van der Waals surface area contributed by atoms with Crippen LogP contribution in [-0.4, -0.2) is 24.7 Å². The van der Waals surface area contributed by atoms with Crippen molar-refractivity contribution in [1.82, 2.24) is 9.19 Å². The topological polar surface area (TPSA) is 87.2 Å². The van der Waals surface area contributed by atoms with Gasteiger partial charge in [0, 0.05) is 5.56 Å². The molecule has 2 aromatic carbocycles. The van der Waals surface area contributed by atoms with Gasteiger partial charge in [0.25, 0.3) is 10.0 Å². The maximum Gasteiger partial charge on any atom is 0.284 e. The number of aryl methyl sites for hydroxylation is 2. The van der Waals surface area contributed by atoms with Gasteiger partial charge in [-0.3, -0.25) is 0 Å². The number of para-hydroxylation sites is 1. The van der Waals surface area contributed by atoms with Gasteiger partial charge in [-0.15, -0.1) is 4.09 Å². The average Bonchev–Trinajstić information content (AvgIpc) is 2.90. The number of hydrogen-bond donors (Lipinski definition) is 1. The van der Waals surface area contributed by atoms with Crippen LogP contribution in [0, 0.1) is 13.8 Å². The highest BCUT2D eigenvalue weighted by atomic mass is 32.2. The second-order valence-electron chi connectivity index (χ2n) is 5.71. The highest BCUT2D eigenvalue weighted by molar-refractivity contribution is 7.90. The Bertz CT molecular complexity index is 1020. The maximum absolute atomic E-state index is 12.9. The van der Waals surface area contributed by atoms with Crippen molar-refractivity contribution >= 4 is 15.8 Å². The number of rotatable bonds is 4. The van der Waals surface area contributed by atoms with Crippen molar-refractivity contribution in [3.63, 3.8) is 0 Å². The van der Waals surface area contributed by atoms with E-state index < -0.39 is 10.0 Å². The Kier molecular flexibility index (Phi) is 4.26. The minimum atomic E-state index is -3.88. The van der Waals surface area contributed by atoms with E-state index >= 15 is 0 Å². The SMILES string of the molecule is COc1ccccc1-c1c(C)nn(S(=O)(=O)c2ccc(C)cc2)c1N. The van der Waals surface area contributed by atoms with Crippen LogP contribution in [0.4, 0.5) is 5.82 Å². The van der Waals surface area contributed by atoms with E-state index in [9.17, 15) is 8.42 Å². The molecular formula is C18H19N3O3S. The van der Waals surface area contributed by atoms with E-state index in [2.05, 4.69) is 5.10 Å². The van der Waals surface area contributed by atoms with Gasteiger partial charge in [-0.1, -0.05) is 35.9 Å². The molecule has 2 N–H and O–H groups in total. The molecular weight excluding hydrogens is 338 g/mol. The van der Waals surface area contributed by atoms with Gasteiger partial charge in [-0.25, -0.2) is 0 Å². The fraction of sp³-hybridized carbons (Fsp3) is 0.167. The quantitative estimate of drug-likeness (QED) is 0.775. The van der Waals surface area contributed by atoms with Gasteiger partial charge in [0.15, 0.2) is 0 Å². The number of methoxy groups -OCH3 is 1. The van der Waals surface area contributed by atoms with Crippen LogP contribution >= 0.6 is 0 Å². The fourth-order valence-corrected chi connectivity index (χ4v) is 3.96. The minimum absolute atomic E-state index is 0.0579. The maximum atomic E-state index is 12.9. The van der Waals surface area contributed by atoms with E-state index in [1.807, 2.05) is 25.1 Å². The lowest BCUT2D eigenvalue weighted by Crippen LogP contribution is -2.17. The molecule has 1 aromatic heterocycles. The summed E-state index contributed by atoms with van der Waals surface area (Å²) in [5.74, 6) is 0.659. The third-order valence-corrected chi connectivity index (χ3v) is 5.59. The van der Waals surface area contributed by atoms with Crippen LogP contribution in [0.2, 0.25) is 0 Å². The molecule has 0 amide bonds. The molecule has 25 heavy (non-hydrogen) atoms. The van der Waals surface area contributed by atoms with Crippen molar-refractivity contribution in [2.24, 2.45) is 0 Å². The Morgan fingerprint density at radius 3 is 2.32 bits per heavy atom. The van der Waals surface area contributed by atoms with Gasteiger partial charge in [0.1, 0.15) is 11.6 Å². The number of nitrogens with two attached hydrogens (primary N) is 1. The summed E-state index contributed by atoms with van der Waals surface area (Å²) in [5.41, 5.74) is 8.91. The van der Waals surface area contributed by atoms with Crippen molar-refractivity contribution in [1.29, 1.82) is 0 Å². The summed E-state index contributed by atoms with van der Waals surface area (Å²) >= 11 is 0. The number of nitrogen functional groups attached to an aromatic ring is 1. The summed E-state index contributed by atoms with van der Waals surface area (Å²) in [6.07, 6.45) is 0. The smallest absolute Gasteiger partial charge is 0.284 e. The number of hydrogen-bond acceptors (Lipinski definition) is 5. The average molecular weight is 357 g/mol. The third-order valence-electron chi connectivity index (χ3n) is 3.99. The lowest BCUT2D eigenvalue weighted by Gasteiger charge is -2.09. The Morgan fingerprint density at radius 2 is 1.68 bits per heavy atom. The van der Waals surface area contributed by atoms with Crippen LogP contribution < -0.4 is 10.5 Å². The highest BCUT2D eigenvalue weighted by Crippen LogP contribution is 2.37. The first-order valence-corrected chi connectivity index (χ1v) is 9.11. The summed E-state index contributed by atoms with van der Waals surface area (Å²) in [6, 6.07) is 13.8. The summed E-state index contributed by atoms with van der Waals surface area (Å²) in [4.78, 5) is 0.138. The number of anilines is 1. The molecule has 7 heteroatoms. The third kappa shape index (κ3) is 2.87. The van der Waals surface area contributed by atoms with Crippen LogP contribution in [0.3, 0.4) is 0 Å². The Labute approximate surface area is 146 Å². The minimum Gasteiger partial charge on any atom is -0.496 e. The van der Waals surface area contributed by atoms with Crippen LogP contribution in [0.1, 0.15) is 11.3 Å². The molecule has 0 atom stereocenters. The van der Waals surface area contributed by atoms with Gasteiger partial charge in [-0.05, 0) is 32.0 Å². The van der Waals surface area contributed by atoms with Crippen molar-refractivity contribution in [3.8, 4) is 16.9 Å². The van der Waals surface area contributed by atoms with Crippen molar-refractivity contribution in [3.05, 3.63) is 59.8 Å². The van der Waals surface area contributed by atoms with Crippen LogP contribution in [0.15, 0.2) is 53.4 Å². The van der Waals surface area contributed by atoms with E-state index in [1.54, 1.807) is 44.4 Å². The number of aromatic nitrogens is 2. The molecule has 0 unspecified atom stereocenters. The molecule has 0 aliphatic rings. The van der Waals surface area contributed by atoms with Crippen molar-refractivity contribution in [2.75, 3.05) is 12.8 Å². The van der Waals surface area contributed by atoms with Crippen molar-refractivity contribution < 1.29 is 13.2 Å². The van der Waals surface area contributed by atoms with Gasteiger partial charge in [0.2, 0.25) is 0 Å². The zero-order valence-corrected chi connectivity index (χ0v) is 15.0. The van der Waals surface area contributed by atoms with Gasteiger partial charge in [-0.2, -0.15) is 13.5 Å². The largest absolute Gasteiger partial charge is 0.496 e. The standard InChI is InChI=1S/C18H19N3O3S/c1-12-8-10-14(11-9-12)25(22,23)21-18(19)17(13(2)20-21)15-6-4-5-7-16(15)24-3/h4-11H,19H2,1-3H3. The van der Waals surface area contributed by atoms with E-state index in [0.717, 1.165) is 9.65 Å². The highest BCUT2D eigenvalue weighted by Gasteiger charge is 2.26. The Morgan fingerprint density at radius 1 is 1.04 bits per heavy atom. The molecule has 1 heterocycles. The molecule has 130 valence electrons. The summed E-state index contributed by atoms with van der Waals surface area (Å²) in [6.45, 7) is 3.61. The molecule has 0 fully saturated rings. The van der Waals surface area contributed by atoms with E-state index in [-0.39, 0.29) is 10.7 Å². The van der Waals surface area contributed by atoms with Crippen LogP contribution in [0.5, 0.6) is 5.75 Å². The van der Waals surface area contributed by atoms with E-state index in [1.165, 1.54) is 0 Å². The number of nitrogens with zero attached hydrogens (tertiary/aromatic N) is 2. The Balaban J connectivity index is 2.19. The van der Waals surface area contributed by atoms with Gasteiger partial charge < -0.3 is 10.5 Å². The van der Waals surface area contributed by atoms with Crippen molar-refractivity contribution in [2.45, 2.75) is 18.7 Å². The van der Waals surface area contributed by atoms with Crippen LogP contribution in [0.25, 0.3) is 11.1 Å². The lowest BCUT2D eigenvalue weighted by molar-refractivity contribution is 0.416. The fourth-order valence-electron chi connectivity index (χ4n) is 2.70. The molecule has 0 bridgehead atoms. The first kappa shape index (κ1) is 17.0. The molecule has 0 saturated carbocycles. The predicted molar refractivity (Wildman–Crippen MR) is 97.1 cm³/mol. The molecule has 3 rings (SSSR count). The second kappa shape index (κ2) is 6.25. The molecule has 0 radical (unpaired) electrons. The molecule has 3 aromatic rings. The second-order valence-corrected chi connectivity index (χ2v) is 7.47. The first-order chi connectivity index (χ1) is 11.9. The molecule has 0 saturated heterocycles.